The number of hydrogen-bond acceptors (Lipinski definition) is 7. The van der Waals surface area contributed by atoms with Crippen molar-refractivity contribution in [2.24, 2.45) is 0 Å². The molecule has 0 spiro atoms. The molecule has 1 aliphatic carbocycles. The zero-order valence-corrected chi connectivity index (χ0v) is 18.2. The van der Waals surface area contributed by atoms with Crippen LogP contribution in [0.3, 0.4) is 0 Å². The van der Waals surface area contributed by atoms with E-state index in [0.29, 0.717) is 5.88 Å². The van der Waals surface area contributed by atoms with E-state index < -0.39 is 0 Å². The maximum Gasteiger partial charge on any atom is 0.231 e. The van der Waals surface area contributed by atoms with Crippen LogP contribution in [-0.2, 0) is 24.1 Å². The van der Waals surface area contributed by atoms with Gasteiger partial charge >= 0.3 is 0 Å². The molecule has 158 valence electrons. The molecule has 6 nitrogen and oxygen atoms in total. The lowest BCUT2D eigenvalue weighted by Crippen LogP contribution is -2.36. The van der Waals surface area contributed by atoms with Gasteiger partial charge in [-0.15, -0.1) is 11.3 Å². The second kappa shape index (κ2) is 8.15. The Morgan fingerprint density at radius 3 is 2.90 bits per heavy atom. The summed E-state index contributed by atoms with van der Waals surface area (Å²) in [5, 5.41) is 2.17. The van der Waals surface area contributed by atoms with Gasteiger partial charge in [0.25, 0.3) is 0 Å². The van der Waals surface area contributed by atoms with E-state index >= 15 is 0 Å². The number of pyridine rings is 1. The Bertz CT molecular complexity index is 1250. The van der Waals surface area contributed by atoms with Gasteiger partial charge in [0.1, 0.15) is 16.4 Å². The maximum absolute atomic E-state index is 6.44. The lowest BCUT2D eigenvalue weighted by atomic mass is 9.97. The first-order valence-electron chi connectivity index (χ1n) is 11.0. The molecule has 0 bridgehead atoms. The largest absolute Gasteiger partial charge is 0.438 e. The summed E-state index contributed by atoms with van der Waals surface area (Å²) in [5.41, 5.74) is 2.35. The molecule has 4 heterocycles. The van der Waals surface area contributed by atoms with Crippen LogP contribution < -0.4 is 4.74 Å². The summed E-state index contributed by atoms with van der Waals surface area (Å²) in [4.78, 5) is 19.2. The van der Waals surface area contributed by atoms with E-state index in [9.17, 15) is 0 Å². The Kier molecular flexibility index (Phi) is 5.02. The highest BCUT2D eigenvalue weighted by atomic mass is 32.1. The number of ether oxygens (including phenoxy) is 2. The molecule has 0 atom stereocenters. The van der Waals surface area contributed by atoms with Gasteiger partial charge in [-0.3, -0.25) is 9.88 Å². The monoisotopic (exact) mass is 432 g/mol. The molecular weight excluding hydrogens is 408 g/mol. The second-order valence-electron chi connectivity index (χ2n) is 8.18. The first-order chi connectivity index (χ1) is 15.3. The molecule has 0 unspecified atom stereocenters. The van der Waals surface area contributed by atoms with Crippen LogP contribution in [0.15, 0.2) is 36.5 Å². The minimum Gasteiger partial charge on any atom is -0.438 e. The highest BCUT2D eigenvalue weighted by Crippen LogP contribution is 2.41. The number of aryl methyl sites for hydroxylation is 2. The van der Waals surface area contributed by atoms with Gasteiger partial charge in [-0.05, 0) is 55.5 Å². The van der Waals surface area contributed by atoms with E-state index in [1.54, 1.807) is 0 Å². The van der Waals surface area contributed by atoms with Gasteiger partial charge in [-0.1, -0.05) is 6.07 Å². The predicted octanol–water partition coefficient (Wildman–Crippen LogP) is 4.74. The van der Waals surface area contributed by atoms with Crippen LogP contribution in [0.2, 0.25) is 0 Å². The number of aromatic nitrogens is 3. The number of thiophene rings is 1. The SMILES string of the molecule is c1cnc2ccc(Oc3nc(CN4CCOCC4)nc4sc5c(c34)CCCC5)cc2c1. The summed E-state index contributed by atoms with van der Waals surface area (Å²) in [7, 11) is 0. The number of nitrogens with zero attached hydrogens (tertiary/aromatic N) is 4. The summed E-state index contributed by atoms with van der Waals surface area (Å²) in [6, 6.07) is 10.0. The number of morpholine rings is 1. The smallest absolute Gasteiger partial charge is 0.231 e. The van der Waals surface area contributed by atoms with Crippen molar-refractivity contribution >= 4 is 32.5 Å². The molecule has 1 aromatic carbocycles. The first kappa shape index (κ1) is 19.1. The molecule has 7 heteroatoms. The summed E-state index contributed by atoms with van der Waals surface area (Å²) in [6.07, 6.45) is 6.50. The Labute approximate surface area is 184 Å². The number of fused-ring (bicyclic) bond motifs is 4. The average molecular weight is 433 g/mol. The predicted molar refractivity (Wildman–Crippen MR) is 122 cm³/mol. The van der Waals surface area contributed by atoms with Crippen LogP contribution >= 0.6 is 11.3 Å². The van der Waals surface area contributed by atoms with E-state index in [1.165, 1.54) is 23.3 Å². The summed E-state index contributed by atoms with van der Waals surface area (Å²) in [5.74, 6) is 2.30. The molecule has 4 aromatic rings. The fourth-order valence-corrected chi connectivity index (χ4v) is 5.77. The Morgan fingerprint density at radius 1 is 1.06 bits per heavy atom. The van der Waals surface area contributed by atoms with Crippen molar-refractivity contribution < 1.29 is 9.47 Å². The number of rotatable bonds is 4. The van der Waals surface area contributed by atoms with Crippen LogP contribution in [0, 0.1) is 0 Å². The minimum atomic E-state index is 0.691. The Morgan fingerprint density at radius 2 is 1.97 bits per heavy atom. The van der Waals surface area contributed by atoms with Crippen LogP contribution in [0.5, 0.6) is 11.6 Å². The third-order valence-electron chi connectivity index (χ3n) is 6.09. The third kappa shape index (κ3) is 3.78. The van der Waals surface area contributed by atoms with Crippen LogP contribution in [0.4, 0.5) is 0 Å². The molecule has 1 aliphatic heterocycles. The van der Waals surface area contributed by atoms with Gasteiger partial charge in [-0.25, -0.2) is 4.98 Å². The Balaban J connectivity index is 1.42. The normalized spacial score (nSPS) is 17.2. The quantitative estimate of drug-likeness (QED) is 0.464. The highest BCUT2D eigenvalue weighted by Gasteiger charge is 2.23. The maximum atomic E-state index is 6.44. The van der Waals surface area contributed by atoms with Crippen molar-refractivity contribution in [3.05, 3.63) is 52.8 Å². The van der Waals surface area contributed by atoms with Crippen molar-refractivity contribution in [1.82, 2.24) is 19.9 Å². The fraction of sp³-hybridized carbons (Fsp3) is 0.375. The van der Waals surface area contributed by atoms with Gasteiger partial charge in [0.2, 0.25) is 5.88 Å². The lowest BCUT2D eigenvalue weighted by molar-refractivity contribution is 0.0330. The van der Waals surface area contributed by atoms with E-state index in [4.69, 9.17) is 19.4 Å². The lowest BCUT2D eigenvalue weighted by Gasteiger charge is -2.25. The zero-order chi connectivity index (χ0) is 20.6. The van der Waals surface area contributed by atoms with Crippen LogP contribution in [-0.4, -0.2) is 46.2 Å². The fourth-order valence-electron chi connectivity index (χ4n) is 4.50. The van der Waals surface area contributed by atoms with Crippen molar-refractivity contribution in [3.8, 4) is 11.6 Å². The molecule has 1 saturated heterocycles. The standard InChI is InChI=1S/C24H24N4O2S/c1-2-6-20-18(5-1)22-23(30-17-7-8-19-16(14-17)4-3-9-25-19)26-21(27-24(22)31-20)15-28-10-12-29-13-11-28/h3-4,7-9,14H,1-2,5-6,10-13,15H2. The third-order valence-corrected chi connectivity index (χ3v) is 7.27. The molecule has 6 rings (SSSR count). The topological polar surface area (TPSA) is 60.4 Å². The van der Waals surface area contributed by atoms with Gasteiger partial charge in [0, 0.05) is 29.5 Å². The summed E-state index contributed by atoms with van der Waals surface area (Å²) < 4.78 is 11.9. The zero-order valence-electron chi connectivity index (χ0n) is 17.3. The van der Waals surface area contributed by atoms with Crippen LogP contribution in [0.1, 0.15) is 29.1 Å². The molecular formula is C24H24N4O2S. The summed E-state index contributed by atoms with van der Waals surface area (Å²) in [6.45, 7) is 4.08. The number of benzene rings is 1. The Hall–Kier alpha value is -2.61. The highest BCUT2D eigenvalue weighted by molar-refractivity contribution is 7.18. The van der Waals surface area contributed by atoms with Crippen molar-refractivity contribution in [2.75, 3.05) is 26.3 Å². The number of hydrogen-bond donors (Lipinski definition) is 0. The van der Waals surface area contributed by atoms with Crippen molar-refractivity contribution in [2.45, 2.75) is 32.2 Å². The summed E-state index contributed by atoms with van der Waals surface area (Å²) >= 11 is 1.82. The average Bonchev–Trinajstić information content (AvgIpc) is 3.18. The molecule has 0 amide bonds. The molecule has 31 heavy (non-hydrogen) atoms. The van der Waals surface area contributed by atoms with Gasteiger partial charge in [0.15, 0.2) is 0 Å². The van der Waals surface area contributed by atoms with Gasteiger partial charge in [-0.2, -0.15) is 4.98 Å². The molecule has 3 aromatic heterocycles. The van der Waals surface area contributed by atoms with Crippen molar-refractivity contribution in [1.29, 1.82) is 0 Å². The molecule has 0 saturated carbocycles. The molecule has 2 aliphatic rings. The first-order valence-corrected chi connectivity index (χ1v) is 11.8. The molecule has 1 fully saturated rings. The minimum absolute atomic E-state index is 0.691. The van der Waals surface area contributed by atoms with E-state index in [0.717, 1.165) is 78.4 Å². The van der Waals surface area contributed by atoms with E-state index in [2.05, 4.69) is 16.0 Å². The molecule has 0 radical (unpaired) electrons. The van der Waals surface area contributed by atoms with E-state index in [1.807, 2.05) is 41.8 Å². The van der Waals surface area contributed by atoms with Gasteiger partial charge < -0.3 is 9.47 Å². The van der Waals surface area contributed by atoms with Gasteiger partial charge in [0.05, 0.1) is 30.7 Å². The van der Waals surface area contributed by atoms with Crippen molar-refractivity contribution in [3.63, 3.8) is 0 Å². The van der Waals surface area contributed by atoms with E-state index in [-0.39, 0.29) is 0 Å². The second-order valence-corrected chi connectivity index (χ2v) is 9.27. The van der Waals surface area contributed by atoms with Crippen LogP contribution in [0.25, 0.3) is 21.1 Å². The molecule has 0 N–H and O–H groups in total.